The summed E-state index contributed by atoms with van der Waals surface area (Å²) in [7, 11) is 3.83. The van der Waals surface area contributed by atoms with Crippen LogP contribution < -0.4 is 5.32 Å². The van der Waals surface area contributed by atoms with Crippen molar-refractivity contribution in [2.24, 2.45) is 7.05 Å². The first-order chi connectivity index (χ1) is 8.13. The summed E-state index contributed by atoms with van der Waals surface area (Å²) < 4.78 is 15.2. The molecule has 4 heteroatoms. The van der Waals surface area contributed by atoms with Gasteiger partial charge >= 0.3 is 0 Å². The van der Waals surface area contributed by atoms with E-state index in [1.165, 1.54) is 6.07 Å². The number of nitrogens with zero attached hydrogens (tertiary/aromatic N) is 2. The van der Waals surface area contributed by atoms with Crippen LogP contribution in [0, 0.1) is 12.7 Å². The van der Waals surface area contributed by atoms with Gasteiger partial charge in [-0.2, -0.15) is 0 Å². The van der Waals surface area contributed by atoms with E-state index < -0.39 is 0 Å². The predicted molar refractivity (Wildman–Crippen MR) is 65.2 cm³/mol. The smallest absolute Gasteiger partial charge is 0.126 e. The number of imidazole rings is 1. The van der Waals surface area contributed by atoms with Crippen molar-refractivity contribution in [2.45, 2.75) is 13.0 Å². The Labute approximate surface area is 100 Å². The molecule has 0 aliphatic rings. The molecule has 0 aliphatic heterocycles. The second kappa shape index (κ2) is 4.67. The number of nitrogens with one attached hydrogen (secondary N) is 1. The maximum atomic E-state index is 13.2. The second-order valence-electron chi connectivity index (χ2n) is 4.16. The summed E-state index contributed by atoms with van der Waals surface area (Å²) in [6.07, 6.45) is 3.58. The van der Waals surface area contributed by atoms with E-state index in [0.717, 1.165) is 11.3 Å². The van der Waals surface area contributed by atoms with Crippen LogP contribution in [0.15, 0.2) is 30.7 Å². The minimum absolute atomic E-state index is 0.0294. The molecule has 0 spiro atoms. The SMILES string of the molecule is CNC(c1ccc(F)c(C)c1)c1cncn1C. The highest BCUT2D eigenvalue weighted by Gasteiger charge is 2.15. The summed E-state index contributed by atoms with van der Waals surface area (Å²) >= 11 is 0. The van der Waals surface area contributed by atoms with Gasteiger partial charge in [0.2, 0.25) is 0 Å². The highest BCUT2D eigenvalue weighted by Crippen LogP contribution is 2.22. The van der Waals surface area contributed by atoms with Crippen molar-refractivity contribution in [3.8, 4) is 0 Å². The van der Waals surface area contributed by atoms with Gasteiger partial charge in [-0.1, -0.05) is 12.1 Å². The highest BCUT2D eigenvalue weighted by atomic mass is 19.1. The fraction of sp³-hybridized carbons (Fsp3) is 0.308. The zero-order valence-electron chi connectivity index (χ0n) is 10.2. The van der Waals surface area contributed by atoms with Gasteiger partial charge < -0.3 is 9.88 Å². The van der Waals surface area contributed by atoms with E-state index in [1.807, 2.05) is 30.9 Å². The van der Waals surface area contributed by atoms with Crippen LogP contribution in [0.4, 0.5) is 4.39 Å². The molecule has 1 heterocycles. The van der Waals surface area contributed by atoms with Gasteiger partial charge in [-0.25, -0.2) is 9.37 Å². The summed E-state index contributed by atoms with van der Waals surface area (Å²) in [6.45, 7) is 1.77. The van der Waals surface area contributed by atoms with Crippen LogP contribution in [0.25, 0.3) is 0 Å². The number of benzene rings is 1. The molecule has 1 aromatic carbocycles. The third-order valence-electron chi connectivity index (χ3n) is 2.95. The molecule has 3 nitrogen and oxygen atoms in total. The lowest BCUT2D eigenvalue weighted by atomic mass is 10.0. The molecule has 17 heavy (non-hydrogen) atoms. The zero-order valence-corrected chi connectivity index (χ0v) is 10.2. The van der Waals surface area contributed by atoms with E-state index in [4.69, 9.17) is 0 Å². The van der Waals surface area contributed by atoms with Gasteiger partial charge in [0.1, 0.15) is 5.82 Å². The van der Waals surface area contributed by atoms with Crippen molar-refractivity contribution in [1.29, 1.82) is 0 Å². The van der Waals surface area contributed by atoms with E-state index >= 15 is 0 Å². The molecular weight excluding hydrogens is 217 g/mol. The quantitative estimate of drug-likeness (QED) is 0.880. The first-order valence-corrected chi connectivity index (χ1v) is 5.53. The zero-order chi connectivity index (χ0) is 12.4. The Kier molecular flexibility index (Phi) is 3.24. The summed E-state index contributed by atoms with van der Waals surface area (Å²) in [4.78, 5) is 4.10. The number of halogens is 1. The first-order valence-electron chi connectivity index (χ1n) is 5.53. The Morgan fingerprint density at radius 3 is 2.71 bits per heavy atom. The molecule has 1 aromatic heterocycles. The summed E-state index contributed by atoms with van der Waals surface area (Å²) in [5.41, 5.74) is 2.75. The lowest BCUT2D eigenvalue weighted by Gasteiger charge is -2.17. The molecular formula is C13H16FN3. The van der Waals surface area contributed by atoms with Gasteiger partial charge in [-0.3, -0.25) is 0 Å². The van der Waals surface area contributed by atoms with Gasteiger partial charge in [0.05, 0.1) is 24.3 Å². The summed E-state index contributed by atoms with van der Waals surface area (Å²) in [5, 5.41) is 3.22. The third-order valence-corrected chi connectivity index (χ3v) is 2.95. The van der Waals surface area contributed by atoms with Crippen LogP contribution >= 0.6 is 0 Å². The third kappa shape index (κ3) is 2.22. The minimum Gasteiger partial charge on any atom is -0.336 e. The number of hydrogen-bond donors (Lipinski definition) is 1. The molecule has 1 unspecified atom stereocenters. The Balaban J connectivity index is 2.42. The maximum Gasteiger partial charge on any atom is 0.126 e. The molecule has 0 saturated carbocycles. The Morgan fingerprint density at radius 2 is 2.18 bits per heavy atom. The van der Waals surface area contributed by atoms with Crippen molar-refractivity contribution >= 4 is 0 Å². The van der Waals surface area contributed by atoms with E-state index in [1.54, 1.807) is 19.3 Å². The molecule has 2 rings (SSSR count). The lowest BCUT2D eigenvalue weighted by Crippen LogP contribution is -2.20. The van der Waals surface area contributed by atoms with Crippen LogP contribution in [-0.4, -0.2) is 16.6 Å². The normalized spacial score (nSPS) is 12.7. The van der Waals surface area contributed by atoms with Crippen molar-refractivity contribution in [3.63, 3.8) is 0 Å². The molecule has 0 bridgehead atoms. The number of aryl methyl sites for hydroxylation is 2. The van der Waals surface area contributed by atoms with E-state index in [0.29, 0.717) is 5.56 Å². The van der Waals surface area contributed by atoms with E-state index in [2.05, 4.69) is 10.3 Å². The van der Waals surface area contributed by atoms with Crippen LogP contribution in [-0.2, 0) is 7.05 Å². The second-order valence-corrected chi connectivity index (χ2v) is 4.16. The van der Waals surface area contributed by atoms with Crippen LogP contribution in [0.3, 0.4) is 0 Å². The molecule has 0 amide bonds. The molecule has 2 aromatic rings. The lowest BCUT2D eigenvalue weighted by molar-refractivity contribution is 0.608. The molecule has 0 radical (unpaired) electrons. The van der Waals surface area contributed by atoms with Gasteiger partial charge in [-0.15, -0.1) is 0 Å². The minimum atomic E-state index is -0.173. The Morgan fingerprint density at radius 1 is 1.41 bits per heavy atom. The summed E-state index contributed by atoms with van der Waals surface area (Å²) in [5.74, 6) is -0.173. The molecule has 90 valence electrons. The van der Waals surface area contributed by atoms with Crippen molar-refractivity contribution in [2.75, 3.05) is 7.05 Å². The topological polar surface area (TPSA) is 29.9 Å². The van der Waals surface area contributed by atoms with Gasteiger partial charge in [-0.05, 0) is 31.2 Å². The number of rotatable bonds is 3. The van der Waals surface area contributed by atoms with Gasteiger partial charge in [0.15, 0.2) is 0 Å². The molecule has 0 saturated heterocycles. The Hall–Kier alpha value is -1.68. The maximum absolute atomic E-state index is 13.2. The largest absolute Gasteiger partial charge is 0.336 e. The van der Waals surface area contributed by atoms with Crippen molar-refractivity contribution < 1.29 is 4.39 Å². The van der Waals surface area contributed by atoms with Crippen molar-refractivity contribution in [1.82, 2.24) is 14.9 Å². The highest BCUT2D eigenvalue weighted by molar-refractivity contribution is 5.31. The molecule has 1 atom stereocenters. The Bertz CT molecular complexity index is 519. The fourth-order valence-corrected chi connectivity index (χ4v) is 1.98. The van der Waals surface area contributed by atoms with Crippen LogP contribution in [0.5, 0.6) is 0 Å². The number of hydrogen-bond acceptors (Lipinski definition) is 2. The average Bonchev–Trinajstić information content (AvgIpc) is 2.71. The molecule has 0 fully saturated rings. The monoisotopic (exact) mass is 233 g/mol. The average molecular weight is 233 g/mol. The number of aromatic nitrogens is 2. The van der Waals surface area contributed by atoms with Crippen molar-refractivity contribution in [3.05, 3.63) is 53.4 Å². The van der Waals surface area contributed by atoms with E-state index in [-0.39, 0.29) is 11.9 Å². The molecule has 0 aliphatic carbocycles. The van der Waals surface area contributed by atoms with Crippen LogP contribution in [0.2, 0.25) is 0 Å². The molecule has 1 N–H and O–H groups in total. The predicted octanol–water partition coefficient (Wildman–Crippen LogP) is 2.18. The standard InChI is InChI=1S/C13H16FN3/c1-9-6-10(4-5-11(9)14)13(15-2)12-7-16-8-17(12)3/h4-8,13,15H,1-3H3. The van der Waals surface area contributed by atoms with Gasteiger partial charge in [0.25, 0.3) is 0 Å². The first kappa shape index (κ1) is 11.8. The summed E-state index contributed by atoms with van der Waals surface area (Å²) in [6, 6.07) is 5.20. The van der Waals surface area contributed by atoms with E-state index in [9.17, 15) is 4.39 Å². The van der Waals surface area contributed by atoms with Gasteiger partial charge in [0, 0.05) is 7.05 Å². The van der Waals surface area contributed by atoms with Crippen LogP contribution in [0.1, 0.15) is 22.9 Å². The fourth-order valence-electron chi connectivity index (χ4n) is 1.98.